The molecule has 0 spiro atoms. The zero-order chi connectivity index (χ0) is 27.5. The Labute approximate surface area is 229 Å². The van der Waals surface area contributed by atoms with Crippen molar-refractivity contribution in [1.82, 2.24) is 0 Å². The molecule has 13 heteroatoms. The predicted molar refractivity (Wildman–Crippen MR) is 138 cm³/mol. The van der Waals surface area contributed by atoms with Gasteiger partial charge in [-0.25, -0.2) is 9.13 Å². The first-order valence-corrected chi connectivity index (χ1v) is 15.3. The fraction of sp³-hybridized carbons (Fsp3) is 1.00. The Hall–Kier alpha value is 0.854. The molecule has 0 fully saturated rings. The maximum absolute atomic E-state index is 11.1. The molecule has 0 saturated carbocycles. The van der Waals surface area contributed by atoms with Crippen LogP contribution in [-0.4, -0.2) is 58.6 Å². The molecule has 0 bridgehead atoms. The van der Waals surface area contributed by atoms with Crippen molar-refractivity contribution in [1.29, 1.82) is 0 Å². The molecular formula is C22H54O10P2Ti. The minimum Gasteiger partial charge on any atom is -0.394 e. The maximum atomic E-state index is 11.1. The molecule has 0 aromatic carbocycles. The normalized spacial score (nSPS) is 10.9. The number of phosphoric acid groups is 2. The SMILES string of the molecule is CC(C)O.CC(C)O.CCCCOP(=O)(O)OCCCC.CCCCOP(=O)(O)OCCCC.[Ti]. The average molecular weight is 588 g/mol. The van der Waals surface area contributed by atoms with Crippen molar-refractivity contribution >= 4 is 15.6 Å². The number of unbranched alkanes of at least 4 members (excludes halogenated alkanes) is 4. The topological polar surface area (TPSA) is 152 Å². The molecule has 0 aliphatic heterocycles. The first-order chi connectivity index (χ1) is 15.7. The number of rotatable bonds is 16. The molecule has 0 amide bonds. The Kier molecular flexibility index (Phi) is 43.0. The van der Waals surface area contributed by atoms with E-state index in [0.29, 0.717) is 0 Å². The summed E-state index contributed by atoms with van der Waals surface area (Å²) in [5.41, 5.74) is 0. The molecule has 0 aliphatic carbocycles. The summed E-state index contributed by atoms with van der Waals surface area (Å²) in [4.78, 5) is 18.2. The van der Waals surface area contributed by atoms with E-state index in [2.05, 4.69) is 0 Å². The Morgan fingerprint density at radius 1 is 0.543 bits per heavy atom. The molecular weight excluding hydrogens is 534 g/mol. The van der Waals surface area contributed by atoms with Gasteiger partial charge in [-0.2, -0.15) is 0 Å². The van der Waals surface area contributed by atoms with Crippen LogP contribution in [0.25, 0.3) is 0 Å². The van der Waals surface area contributed by atoms with Crippen molar-refractivity contribution in [3.05, 3.63) is 0 Å². The van der Waals surface area contributed by atoms with E-state index < -0.39 is 15.6 Å². The summed E-state index contributed by atoms with van der Waals surface area (Å²) in [7, 11) is -7.50. The molecule has 35 heavy (non-hydrogen) atoms. The Morgan fingerprint density at radius 2 is 0.686 bits per heavy atom. The minimum absolute atomic E-state index is 0. The van der Waals surface area contributed by atoms with Gasteiger partial charge < -0.3 is 20.0 Å². The second kappa shape index (κ2) is 32.9. The van der Waals surface area contributed by atoms with Crippen molar-refractivity contribution in [3.8, 4) is 0 Å². The number of phosphoric ester groups is 2. The Balaban J connectivity index is -0.000000128. The van der Waals surface area contributed by atoms with Gasteiger partial charge in [0.15, 0.2) is 0 Å². The van der Waals surface area contributed by atoms with Crippen LogP contribution in [0.5, 0.6) is 0 Å². The molecule has 4 N–H and O–H groups in total. The van der Waals surface area contributed by atoms with Gasteiger partial charge in [0.1, 0.15) is 0 Å². The van der Waals surface area contributed by atoms with Crippen LogP contribution in [0.4, 0.5) is 0 Å². The van der Waals surface area contributed by atoms with Gasteiger partial charge in [-0.1, -0.05) is 53.4 Å². The van der Waals surface area contributed by atoms with Crippen LogP contribution in [0, 0.1) is 0 Å². The van der Waals surface area contributed by atoms with E-state index in [1.165, 1.54) is 0 Å². The quantitative estimate of drug-likeness (QED) is 0.0930. The van der Waals surface area contributed by atoms with Crippen molar-refractivity contribution < 1.29 is 68.9 Å². The third-order valence-electron chi connectivity index (χ3n) is 3.01. The standard InChI is InChI=1S/2C8H19O4P.2C3H8O.Ti/c2*1-3-5-7-11-13(9,10)12-8-6-4-2;2*1-3(2)4;/h2*3-8H2,1-2H3,(H,9,10);2*3-4H,1-2H3;. The third kappa shape index (κ3) is 60.9. The predicted octanol–water partition coefficient (Wildman–Crippen LogP) is 6.21. The van der Waals surface area contributed by atoms with Gasteiger partial charge in [-0.05, 0) is 53.4 Å². The molecule has 10 nitrogen and oxygen atoms in total. The van der Waals surface area contributed by atoms with Crippen LogP contribution in [0.15, 0.2) is 0 Å². The second-order valence-electron chi connectivity index (χ2n) is 7.87. The van der Waals surface area contributed by atoms with E-state index in [-0.39, 0.29) is 60.4 Å². The van der Waals surface area contributed by atoms with Gasteiger partial charge in [0.25, 0.3) is 0 Å². The van der Waals surface area contributed by atoms with E-state index in [9.17, 15) is 9.13 Å². The van der Waals surface area contributed by atoms with E-state index >= 15 is 0 Å². The van der Waals surface area contributed by atoms with Crippen LogP contribution in [0.2, 0.25) is 0 Å². The van der Waals surface area contributed by atoms with E-state index in [1.807, 2.05) is 27.7 Å². The van der Waals surface area contributed by atoms with Crippen LogP contribution in [-0.2, 0) is 48.9 Å². The second-order valence-corrected chi connectivity index (χ2v) is 10.8. The van der Waals surface area contributed by atoms with Crippen LogP contribution >= 0.6 is 15.6 Å². The number of aliphatic hydroxyl groups excluding tert-OH is 2. The zero-order valence-electron chi connectivity index (χ0n) is 23.3. The summed E-state index contributed by atoms with van der Waals surface area (Å²) < 4.78 is 41.0. The number of aliphatic hydroxyl groups is 2. The zero-order valence-corrected chi connectivity index (χ0v) is 26.6. The van der Waals surface area contributed by atoms with E-state index in [0.717, 1.165) is 51.4 Å². The monoisotopic (exact) mass is 588 g/mol. The smallest absolute Gasteiger partial charge is 0.394 e. The van der Waals surface area contributed by atoms with Crippen LogP contribution in [0.3, 0.4) is 0 Å². The molecule has 0 heterocycles. The van der Waals surface area contributed by atoms with Gasteiger partial charge in [0.2, 0.25) is 0 Å². The van der Waals surface area contributed by atoms with Crippen molar-refractivity contribution in [2.75, 3.05) is 26.4 Å². The Bertz CT molecular complexity index is 408. The number of hydrogen-bond donors (Lipinski definition) is 4. The molecule has 0 aromatic rings. The molecule has 0 aromatic heterocycles. The first kappa shape index (κ1) is 45.8. The minimum atomic E-state index is -3.75. The summed E-state index contributed by atoms with van der Waals surface area (Å²) in [6.07, 6.45) is 6.54. The summed E-state index contributed by atoms with van der Waals surface area (Å²) in [5.74, 6) is 0. The largest absolute Gasteiger partial charge is 0.472 e. The van der Waals surface area contributed by atoms with Crippen molar-refractivity contribution in [2.24, 2.45) is 0 Å². The summed E-state index contributed by atoms with van der Waals surface area (Å²) >= 11 is 0. The molecule has 0 saturated heterocycles. The van der Waals surface area contributed by atoms with Crippen LogP contribution in [0.1, 0.15) is 107 Å². The molecule has 0 unspecified atom stereocenters. The Morgan fingerprint density at radius 3 is 0.800 bits per heavy atom. The van der Waals surface area contributed by atoms with Crippen molar-refractivity contribution in [2.45, 2.75) is 119 Å². The number of hydrogen-bond acceptors (Lipinski definition) is 8. The maximum Gasteiger partial charge on any atom is 0.472 e. The summed E-state index contributed by atoms with van der Waals surface area (Å²) in [6.45, 7) is 16.0. The molecule has 0 aliphatic rings. The van der Waals surface area contributed by atoms with Gasteiger partial charge in [-0.3, -0.25) is 18.1 Å². The van der Waals surface area contributed by atoms with Gasteiger partial charge >= 0.3 is 15.6 Å². The molecule has 0 rings (SSSR count). The fourth-order valence-electron chi connectivity index (χ4n) is 1.37. The molecule has 0 atom stereocenters. The van der Waals surface area contributed by atoms with Crippen LogP contribution < -0.4 is 0 Å². The van der Waals surface area contributed by atoms with Gasteiger partial charge in [0, 0.05) is 33.9 Å². The summed E-state index contributed by atoms with van der Waals surface area (Å²) in [5, 5.41) is 16.1. The third-order valence-corrected chi connectivity index (χ3v) is 5.04. The fourth-order valence-corrected chi connectivity index (χ4v) is 2.96. The molecule has 0 radical (unpaired) electrons. The molecule has 216 valence electrons. The van der Waals surface area contributed by atoms with Gasteiger partial charge in [-0.15, -0.1) is 0 Å². The average Bonchev–Trinajstić information content (AvgIpc) is 2.68. The van der Waals surface area contributed by atoms with E-state index in [4.69, 9.17) is 38.1 Å². The van der Waals surface area contributed by atoms with E-state index in [1.54, 1.807) is 27.7 Å². The summed E-state index contributed by atoms with van der Waals surface area (Å²) in [6, 6.07) is 0. The van der Waals surface area contributed by atoms with Crippen molar-refractivity contribution in [3.63, 3.8) is 0 Å². The first-order valence-electron chi connectivity index (χ1n) is 12.3. The van der Waals surface area contributed by atoms with Gasteiger partial charge in [0.05, 0.1) is 26.4 Å².